The summed E-state index contributed by atoms with van der Waals surface area (Å²) in [7, 11) is 4.03. The van der Waals surface area contributed by atoms with Crippen LogP contribution in [-0.4, -0.2) is 75.1 Å². The number of nitrogens with one attached hydrogen (secondary N) is 2. The zero-order valence-corrected chi connectivity index (χ0v) is 24.0. The molecule has 4 heterocycles. The van der Waals surface area contributed by atoms with Gasteiger partial charge in [0.05, 0.1) is 17.1 Å². The van der Waals surface area contributed by atoms with Crippen molar-refractivity contribution in [1.29, 1.82) is 0 Å². The predicted octanol–water partition coefficient (Wildman–Crippen LogP) is 3.93. The number of amides is 2. The third-order valence-corrected chi connectivity index (χ3v) is 7.50. The number of aryl methyl sites for hydroxylation is 2. The first-order chi connectivity index (χ1) is 18.5. The first-order valence-corrected chi connectivity index (χ1v) is 13.8. The number of carbonyl (C=O) groups is 2. The van der Waals surface area contributed by atoms with Gasteiger partial charge in [-0.05, 0) is 85.3 Å². The Bertz CT molecular complexity index is 1400. The van der Waals surface area contributed by atoms with Crippen molar-refractivity contribution in [3.63, 3.8) is 0 Å². The molecule has 1 aliphatic heterocycles. The van der Waals surface area contributed by atoms with Crippen molar-refractivity contribution < 1.29 is 9.59 Å². The van der Waals surface area contributed by atoms with Crippen LogP contribution in [-0.2, 0) is 11.3 Å². The van der Waals surface area contributed by atoms with Gasteiger partial charge in [0.1, 0.15) is 0 Å². The zero-order chi connectivity index (χ0) is 28.3. The van der Waals surface area contributed by atoms with Gasteiger partial charge >= 0.3 is 0 Å². The number of likely N-dealkylation sites (tertiary alicyclic amines) is 1. The molecule has 10 nitrogen and oxygen atoms in total. The van der Waals surface area contributed by atoms with E-state index in [9.17, 15) is 14.4 Å². The molecule has 2 N–H and O–H groups in total. The normalized spacial score (nSPS) is 14.2. The number of pyridine rings is 2. The molecule has 0 bridgehead atoms. The standard InChI is InChI=1S/C29H41N7O3.CH4/c1-18(2)36-27-24(17-31-36)22(28(38)30-16-23-19(3)14-20(4)32-29(23)39)15-25(33-27)21-9-12-35(13-10-21)26(37)8-7-11-34(5)6;/h14-15,17-18,21H,7-13,16H2,1-6H3,(H,30,38)(H,32,39);1H4. The van der Waals surface area contributed by atoms with Crippen LogP contribution in [0.3, 0.4) is 0 Å². The van der Waals surface area contributed by atoms with Crippen LogP contribution in [0.15, 0.2) is 23.1 Å². The van der Waals surface area contributed by atoms with Gasteiger partial charge in [0, 0.05) is 55.0 Å². The zero-order valence-electron chi connectivity index (χ0n) is 24.0. The topological polar surface area (TPSA) is 116 Å². The second-order valence-corrected chi connectivity index (χ2v) is 11.2. The molecule has 0 radical (unpaired) electrons. The number of H-pyrrole nitrogens is 1. The Morgan fingerprint density at radius 3 is 2.50 bits per heavy atom. The van der Waals surface area contributed by atoms with Crippen molar-refractivity contribution in [2.75, 3.05) is 33.7 Å². The smallest absolute Gasteiger partial charge is 0.253 e. The molecule has 0 atom stereocenters. The number of carbonyl (C=O) groups excluding carboxylic acids is 2. The molecule has 0 saturated carbocycles. The van der Waals surface area contributed by atoms with Gasteiger partial charge in [0.25, 0.3) is 11.5 Å². The van der Waals surface area contributed by atoms with Crippen LogP contribution in [0, 0.1) is 13.8 Å². The van der Waals surface area contributed by atoms with Crippen molar-refractivity contribution in [2.24, 2.45) is 0 Å². The Balaban J connectivity index is 0.00000441. The minimum atomic E-state index is -0.264. The maximum absolute atomic E-state index is 13.5. The Labute approximate surface area is 237 Å². The molecular weight excluding hydrogens is 506 g/mol. The van der Waals surface area contributed by atoms with E-state index in [0.717, 1.165) is 42.8 Å². The quantitative estimate of drug-likeness (QED) is 0.416. The van der Waals surface area contributed by atoms with Gasteiger partial charge in [-0.2, -0.15) is 5.10 Å². The molecule has 1 aliphatic rings. The summed E-state index contributed by atoms with van der Waals surface area (Å²) in [5, 5.41) is 8.15. The number of aromatic amines is 1. The molecule has 3 aromatic heterocycles. The summed E-state index contributed by atoms with van der Waals surface area (Å²) in [5.41, 5.74) is 4.01. The predicted molar refractivity (Wildman–Crippen MR) is 159 cm³/mol. The van der Waals surface area contributed by atoms with Gasteiger partial charge in [-0.15, -0.1) is 0 Å². The van der Waals surface area contributed by atoms with Crippen LogP contribution in [0.25, 0.3) is 11.0 Å². The summed E-state index contributed by atoms with van der Waals surface area (Å²) < 4.78 is 1.84. The lowest BCUT2D eigenvalue weighted by Gasteiger charge is -2.32. The summed E-state index contributed by atoms with van der Waals surface area (Å²) in [6.07, 6.45) is 4.71. The van der Waals surface area contributed by atoms with E-state index >= 15 is 0 Å². The van der Waals surface area contributed by atoms with Crippen LogP contribution in [0.5, 0.6) is 0 Å². The number of aromatic nitrogens is 4. The number of hydrogen-bond donors (Lipinski definition) is 2. The molecule has 10 heteroatoms. The van der Waals surface area contributed by atoms with Crippen LogP contribution in [0.2, 0.25) is 0 Å². The number of rotatable bonds is 9. The highest BCUT2D eigenvalue weighted by atomic mass is 16.2. The second kappa shape index (κ2) is 13.2. The van der Waals surface area contributed by atoms with E-state index in [2.05, 4.69) is 20.3 Å². The fourth-order valence-corrected chi connectivity index (χ4v) is 5.31. The molecule has 1 saturated heterocycles. The number of hydrogen-bond acceptors (Lipinski definition) is 6. The lowest BCUT2D eigenvalue weighted by molar-refractivity contribution is -0.132. The Hall–Kier alpha value is -3.53. The van der Waals surface area contributed by atoms with E-state index in [1.807, 2.05) is 63.5 Å². The highest BCUT2D eigenvalue weighted by molar-refractivity contribution is 6.05. The number of nitrogens with zero attached hydrogens (tertiary/aromatic N) is 5. The minimum Gasteiger partial charge on any atom is -0.348 e. The van der Waals surface area contributed by atoms with E-state index in [0.29, 0.717) is 41.7 Å². The third kappa shape index (κ3) is 6.96. The van der Waals surface area contributed by atoms with Crippen molar-refractivity contribution in [2.45, 2.75) is 79.3 Å². The molecule has 0 spiro atoms. The average molecular weight is 552 g/mol. The Morgan fingerprint density at radius 2 is 1.88 bits per heavy atom. The van der Waals surface area contributed by atoms with E-state index in [1.54, 1.807) is 6.20 Å². The number of fused-ring (bicyclic) bond motifs is 1. The van der Waals surface area contributed by atoms with Gasteiger partial charge in [-0.3, -0.25) is 14.4 Å². The summed E-state index contributed by atoms with van der Waals surface area (Å²) in [6.45, 7) is 10.2. The van der Waals surface area contributed by atoms with Crippen LogP contribution < -0.4 is 10.9 Å². The molecule has 4 rings (SSSR count). The Kier molecular flexibility index (Phi) is 10.2. The molecule has 2 amide bonds. The largest absolute Gasteiger partial charge is 0.348 e. The molecule has 40 heavy (non-hydrogen) atoms. The van der Waals surface area contributed by atoms with E-state index in [4.69, 9.17) is 4.98 Å². The summed E-state index contributed by atoms with van der Waals surface area (Å²) in [5.74, 6) is 0.0855. The number of piperidine rings is 1. The lowest BCUT2D eigenvalue weighted by Crippen LogP contribution is -2.38. The maximum Gasteiger partial charge on any atom is 0.253 e. The van der Waals surface area contributed by atoms with Crippen LogP contribution in [0.4, 0.5) is 0 Å². The van der Waals surface area contributed by atoms with Crippen molar-refractivity contribution in [1.82, 2.24) is 34.9 Å². The fourth-order valence-electron chi connectivity index (χ4n) is 5.31. The molecule has 0 unspecified atom stereocenters. The van der Waals surface area contributed by atoms with Crippen LogP contribution in [0.1, 0.15) is 91.8 Å². The highest BCUT2D eigenvalue weighted by Gasteiger charge is 2.27. The van der Waals surface area contributed by atoms with Crippen molar-refractivity contribution >= 4 is 22.8 Å². The molecular formula is C30H45N7O3. The van der Waals surface area contributed by atoms with Crippen molar-refractivity contribution in [3.05, 3.63) is 56.8 Å². The SMILES string of the molecule is C.Cc1cc(C)c(CNC(=O)c2cc(C3CCN(C(=O)CCCN(C)C)CC3)nc3c2cnn3C(C)C)c(=O)[nH]1. The average Bonchev–Trinajstić information content (AvgIpc) is 3.31. The van der Waals surface area contributed by atoms with Crippen LogP contribution >= 0.6 is 0 Å². The van der Waals surface area contributed by atoms with Gasteiger partial charge in [0.15, 0.2) is 5.65 Å². The molecule has 1 fully saturated rings. The second-order valence-electron chi connectivity index (χ2n) is 11.2. The van der Waals surface area contributed by atoms with E-state index in [1.165, 1.54) is 0 Å². The first-order valence-electron chi connectivity index (χ1n) is 13.8. The minimum absolute atomic E-state index is 0. The van der Waals surface area contributed by atoms with Gasteiger partial charge in [-0.1, -0.05) is 7.43 Å². The highest BCUT2D eigenvalue weighted by Crippen LogP contribution is 2.31. The van der Waals surface area contributed by atoms with E-state index in [-0.39, 0.29) is 43.3 Å². The molecule has 0 aromatic carbocycles. The monoisotopic (exact) mass is 551 g/mol. The summed E-state index contributed by atoms with van der Waals surface area (Å²) in [4.78, 5) is 50.5. The molecule has 0 aliphatic carbocycles. The van der Waals surface area contributed by atoms with E-state index < -0.39 is 0 Å². The summed E-state index contributed by atoms with van der Waals surface area (Å²) >= 11 is 0. The van der Waals surface area contributed by atoms with Gasteiger partial charge < -0.3 is 20.1 Å². The lowest BCUT2D eigenvalue weighted by atomic mass is 9.91. The Morgan fingerprint density at radius 1 is 1.18 bits per heavy atom. The first kappa shape index (κ1) is 31.0. The molecule has 218 valence electrons. The van der Waals surface area contributed by atoms with Crippen molar-refractivity contribution in [3.8, 4) is 0 Å². The van der Waals surface area contributed by atoms with Gasteiger partial charge in [-0.25, -0.2) is 9.67 Å². The fraction of sp³-hybridized carbons (Fsp3) is 0.567. The molecule has 3 aromatic rings. The maximum atomic E-state index is 13.5. The summed E-state index contributed by atoms with van der Waals surface area (Å²) in [6, 6.07) is 3.85. The van der Waals surface area contributed by atoms with Gasteiger partial charge in [0.2, 0.25) is 5.91 Å². The third-order valence-electron chi connectivity index (χ3n) is 7.50.